The Morgan fingerprint density at radius 1 is 0.773 bits per heavy atom. The van der Waals surface area contributed by atoms with Crippen LogP contribution >= 0.6 is 0 Å². The minimum absolute atomic E-state index is 0.0891. The lowest BCUT2D eigenvalue weighted by Gasteiger charge is -2.35. The zero-order valence-corrected chi connectivity index (χ0v) is 13.7. The Balaban J connectivity index is 1.21. The molecule has 3 heteroatoms. The van der Waals surface area contributed by atoms with E-state index < -0.39 is 0 Å². The number of ether oxygens (including phenoxy) is 2. The van der Waals surface area contributed by atoms with Gasteiger partial charge in [-0.3, -0.25) is 4.79 Å². The summed E-state index contributed by atoms with van der Waals surface area (Å²) in [5.74, 6) is 2.11. The standard InChI is InChI=1S/C19H30O3/c20-19(21-16-10-11-17-18(12-16)22-17)15-8-6-14(7-9-15)13-4-2-1-3-5-13/h13-18H,1-12H2. The highest BCUT2D eigenvalue weighted by Crippen LogP contribution is 2.41. The Morgan fingerprint density at radius 2 is 1.50 bits per heavy atom. The predicted octanol–water partition coefficient (Wildman–Crippen LogP) is 4.24. The van der Waals surface area contributed by atoms with Crippen molar-refractivity contribution in [2.24, 2.45) is 17.8 Å². The van der Waals surface area contributed by atoms with E-state index in [1.807, 2.05) is 0 Å². The van der Waals surface area contributed by atoms with E-state index in [0.29, 0.717) is 12.2 Å². The molecule has 1 aliphatic heterocycles. The fraction of sp³-hybridized carbons (Fsp3) is 0.947. The van der Waals surface area contributed by atoms with Gasteiger partial charge in [0.15, 0.2) is 0 Å². The molecular formula is C19H30O3. The molecule has 0 aromatic rings. The van der Waals surface area contributed by atoms with Gasteiger partial charge in [-0.25, -0.2) is 0 Å². The van der Waals surface area contributed by atoms with Gasteiger partial charge in [0.2, 0.25) is 0 Å². The molecule has 0 radical (unpaired) electrons. The van der Waals surface area contributed by atoms with E-state index in [2.05, 4.69) is 0 Å². The molecule has 3 atom stereocenters. The summed E-state index contributed by atoms with van der Waals surface area (Å²) in [6, 6.07) is 0. The maximum Gasteiger partial charge on any atom is 0.309 e. The molecule has 0 aromatic carbocycles. The lowest BCUT2D eigenvalue weighted by atomic mass is 9.71. The van der Waals surface area contributed by atoms with Crippen LogP contribution in [-0.2, 0) is 14.3 Å². The van der Waals surface area contributed by atoms with E-state index in [0.717, 1.165) is 43.9 Å². The molecule has 0 amide bonds. The lowest BCUT2D eigenvalue weighted by molar-refractivity contribution is -0.156. The SMILES string of the molecule is O=C(OC1CCC2OC2C1)C1CCC(C2CCCCC2)CC1. The first-order valence-corrected chi connectivity index (χ1v) is 9.65. The molecule has 3 saturated carbocycles. The summed E-state index contributed by atoms with van der Waals surface area (Å²) in [7, 11) is 0. The second-order valence-electron chi connectivity index (χ2n) is 8.09. The van der Waals surface area contributed by atoms with Crippen molar-refractivity contribution >= 4 is 5.97 Å². The summed E-state index contributed by atoms with van der Waals surface area (Å²) in [4.78, 5) is 12.4. The number of carbonyl (C=O) groups excluding carboxylic acids is 1. The lowest BCUT2D eigenvalue weighted by Crippen LogP contribution is -2.31. The number of esters is 1. The smallest absolute Gasteiger partial charge is 0.309 e. The second kappa shape index (κ2) is 6.51. The summed E-state index contributed by atoms with van der Waals surface area (Å²) < 4.78 is 11.3. The minimum Gasteiger partial charge on any atom is -0.462 e. The van der Waals surface area contributed by atoms with Gasteiger partial charge in [-0.1, -0.05) is 32.1 Å². The Kier molecular flexibility index (Phi) is 4.43. The van der Waals surface area contributed by atoms with Crippen LogP contribution in [0.25, 0.3) is 0 Å². The molecule has 4 rings (SSSR count). The van der Waals surface area contributed by atoms with Crippen LogP contribution in [0.5, 0.6) is 0 Å². The van der Waals surface area contributed by atoms with Crippen LogP contribution in [-0.4, -0.2) is 24.3 Å². The highest BCUT2D eigenvalue weighted by molar-refractivity contribution is 5.72. The Morgan fingerprint density at radius 3 is 2.23 bits per heavy atom. The molecule has 4 aliphatic rings. The Labute approximate surface area is 134 Å². The number of hydrogen-bond acceptors (Lipinski definition) is 3. The molecule has 0 bridgehead atoms. The summed E-state index contributed by atoms with van der Waals surface area (Å²) >= 11 is 0. The van der Waals surface area contributed by atoms with Crippen molar-refractivity contribution in [1.82, 2.24) is 0 Å². The zero-order chi connectivity index (χ0) is 14.9. The first kappa shape index (κ1) is 15.0. The van der Waals surface area contributed by atoms with Crippen LogP contribution in [0.3, 0.4) is 0 Å². The van der Waals surface area contributed by atoms with E-state index >= 15 is 0 Å². The third-order valence-corrected chi connectivity index (χ3v) is 6.66. The number of fused-ring (bicyclic) bond motifs is 1. The zero-order valence-electron chi connectivity index (χ0n) is 13.7. The predicted molar refractivity (Wildman–Crippen MR) is 84.4 cm³/mol. The van der Waals surface area contributed by atoms with Crippen LogP contribution in [0.4, 0.5) is 0 Å². The highest BCUT2D eigenvalue weighted by Gasteiger charge is 2.45. The van der Waals surface area contributed by atoms with Crippen LogP contribution < -0.4 is 0 Å². The normalized spacial score (nSPS) is 42.5. The first-order chi connectivity index (χ1) is 10.8. The van der Waals surface area contributed by atoms with Gasteiger partial charge in [-0.05, 0) is 50.4 Å². The van der Waals surface area contributed by atoms with Crippen molar-refractivity contribution in [3.05, 3.63) is 0 Å². The average Bonchev–Trinajstić information content (AvgIpc) is 3.34. The van der Waals surface area contributed by atoms with E-state index in [9.17, 15) is 4.79 Å². The topological polar surface area (TPSA) is 38.8 Å². The molecule has 0 N–H and O–H groups in total. The molecule has 1 heterocycles. The fourth-order valence-electron chi connectivity index (χ4n) is 5.17. The fourth-order valence-corrected chi connectivity index (χ4v) is 5.17. The Hall–Kier alpha value is -0.570. The molecule has 3 nitrogen and oxygen atoms in total. The van der Waals surface area contributed by atoms with Crippen LogP contribution in [0.2, 0.25) is 0 Å². The molecule has 0 aromatic heterocycles. The molecule has 0 spiro atoms. The van der Waals surface area contributed by atoms with Gasteiger partial charge in [0.05, 0.1) is 18.1 Å². The van der Waals surface area contributed by atoms with E-state index in [4.69, 9.17) is 9.47 Å². The van der Waals surface area contributed by atoms with Crippen LogP contribution in [0, 0.1) is 17.8 Å². The van der Waals surface area contributed by atoms with Crippen molar-refractivity contribution in [3.8, 4) is 0 Å². The number of hydrogen-bond donors (Lipinski definition) is 0. The van der Waals surface area contributed by atoms with Crippen molar-refractivity contribution in [2.45, 2.75) is 95.4 Å². The maximum atomic E-state index is 12.4. The van der Waals surface area contributed by atoms with Gasteiger partial charge >= 0.3 is 5.97 Å². The maximum absolute atomic E-state index is 12.4. The Bertz CT molecular complexity index is 393. The number of carbonyl (C=O) groups is 1. The van der Waals surface area contributed by atoms with Crippen molar-refractivity contribution in [1.29, 1.82) is 0 Å². The van der Waals surface area contributed by atoms with Crippen molar-refractivity contribution in [3.63, 3.8) is 0 Å². The molecule has 3 aliphatic carbocycles. The van der Waals surface area contributed by atoms with Gasteiger partial charge in [0.1, 0.15) is 6.10 Å². The van der Waals surface area contributed by atoms with Gasteiger partial charge in [0.25, 0.3) is 0 Å². The summed E-state index contributed by atoms with van der Waals surface area (Å²) in [5, 5.41) is 0. The van der Waals surface area contributed by atoms with Gasteiger partial charge in [-0.15, -0.1) is 0 Å². The molecule has 124 valence electrons. The molecule has 22 heavy (non-hydrogen) atoms. The van der Waals surface area contributed by atoms with E-state index in [-0.39, 0.29) is 18.0 Å². The number of epoxide rings is 1. The first-order valence-electron chi connectivity index (χ1n) is 9.65. The van der Waals surface area contributed by atoms with Gasteiger partial charge < -0.3 is 9.47 Å². The highest BCUT2D eigenvalue weighted by atomic mass is 16.6. The minimum atomic E-state index is 0.0891. The summed E-state index contributed by atoms with van der Waals surface area (Å²) in [6.45, 7) is 0. The number of rotatable bonds is 3. The average molecular weight is 306 g/mol. The summed E-state index contributed by atoms with van der Waals surface area (Å²) in [5.41, 5.74) is 0. The summed E-state index contributed by atoms with van der Waals surface area (Å²) in [6.07, 6.45) is 15.8. The van der Waals surface area contributed by atoms with Gasteiger partial charge in [0, 0.05) is 6.42 Å². The molecule has 3 unspecified atom stereocenters. The van der Waals surface area contributed by atoms with Crippen LogP contribution in [0.1, 0.15) is 77.0 Å². The van der Waals surface area contributed by atoms with E-state index in [1.54, 1.807) is 0 Å². The molecule has 1 saturated heterocycles. The van der Waals surface area contributed by atoms with E-state index in [1.165, 1.54) is 44.9 Å². The second-order valence-corrected chi connectivity index (χ2v) is 8.09. The molecule has 4 fully saturated rings. The van der Waals surface area contributed by atoms with Crippen molar-refractivity contribution in [2.75, 3.05) is 0 Å². The largest absolute Gasteiger partial charge is 0.462 e. The molecular weight excluding hydrogens is 276 g/mol. The monoisotopic (exact) mass is 306 g/mol. The third-order valence-electron chi connectivity index (χ3n) is 6.66. The van der Waals surface area contributed by atoms with Crippen LogP contribution in [0.15, 0.2) is 0 Å². The van der Waals surface area contributed by atoms with Gasteiger partial charge in [-0.2, -0.15) is 0 Å². The van der Waals surface area contributed by atoms with Crippen molar-refractivity contribution < 1.29 is 14.3 Å². The third kappa shape index (κ3) is 3.34. The quantitative estimate of drug-likeness (QED) is 0.578.